The van der Waals surface area contributed by atoms with E-state index in [1.807, 2.05) is 0 Å². The molecule has 0 aromatic rings. The Labute approximate surface area is 152 Å². The van der Waals surface area contributed by atoms with Gasteiger partial charge in [-0.2, -0.15) is 0 Å². The second-order valence-electron chi connectivity index (χ2n) is 5.24. The molecule has 2 saturated heterocycles. The molecule has 0 spiro atoms. The minimum atomic E-state index is -1.78. The highest BCUT2D eigenvalue weighted by atomic mass is 79.9. The number of amides is 1. The van der Waals surface area contributed by atoms with Gasteiger partial charge >= 0.3 is 5.97 Å². The van der Waals surface area contributed by atoms with Crippen molar-refractivity contribution in [2.24, 2.45) is 0 Å². The van der Waals surface area contributed by atoms with E-state index < -0.39 is 23.3 Å². The zero-order valence-corrected chi connectivity index (χ0v) is 16.5. The van der Waals surface area contributed by atoms with Gasteiger partial charge in [0.2, 0.25) is 0 Å². The van der Waals surface area contributed by atoms with Gasteiger partial charge in [0.1, 0.15) is 5.37 Å². The summed E-state index contributed by atoms with van der Waals surface area (Å²) in [5, 5.41) is 9.38. The molecule has 4 nitrogen and oxygen atoms in total. The fourth-order valence-electron chi connectivity index (χ4n) is 2.66. The monoisotopic (exact) mass is 487 g/mol. The molecule has 0 aromatic carbocycles. The third-order valence-electron chi connectivity index (χ3n) is 3.67. The zero-order valence-electron chi connectivity index (χ0n) is 10.3. The first-order chi connectivity index (χ1) is 8.77. The summed E-state index contributed by atoms with van der Waals surface area (Å²) in [7, 11) is 0. The summed E-state index contributed by atoms with van der Waals surface area (Å²) in [5.41, 5.74) is -1.57. The van der Waals surface area contributed by atoms with Crippen molar-refractivity contribution in [3.63, 3.8) is 0 Å². The number of aliphatic carboxylic acids is 1. The Bertz CT molecular complexity index is 497. The summed E-state index contributed by atoms with van der Waals surface area (Å²) in [5.74, 6) is -1.55. The zero-order chi connectivity index (χ0) is 15.7. The summed E-state index contributed by atoms with van der Waals surface area (Å²) >= 11 is 25.4. The molecule has 2 heterocycles. The maximum atomic E-state index is 12.3. The maximum absolute atomic E-state index is 12.3. The first kappa shape index (κ1) is 17.5. The molecule has 2 aliphatic rings. The number of nitrogens with zero attached hydrogens (tertiary/aromatic N) is 1. The molecule has 114 valence electrons. The van der Waals surface area contributed by atoms with Gasteiger partial charge in [0.25, 0.3) is 5.91 Å². The number of carboxylic acids is 1. The highest BCUT2D eigenvalue weighted by Gasteiger charge is 2.77. The molecular weight excluding hydrogens is 480 g/mol. The van der Waals surface area contributed by atoms with Gasteiger partial charge in [-0.25, -0.2) is 4.79 Å². The van der Waals surface area contributed by atoms with E-state index in [4.69, 9.17) is 34.8 Å². The highest BCUT2D eigenvalue weighted by molar-refractivity contribution is 9.26. The molecule has 0 bridgehead atoms. The molecule has 0 aliphatic carbocycles. The van der Waals surface area contributed by atoms with Crippen LogP contribution in [-0.4, -0.2) is 44.6 Å². The molecule has 1 N–H and O–H groups in total. The molecule has 0 unspecified atom stereocenters. The van der Waals surface area contributed by atoms with Gasteiger partial charge in [0.05, 0.1) is 0 Å². The lowest BCUT2D eigenvalue weighted by atomic mass is 9.79. The number of thioether (sulfide) groups is 1. The van der Waals surface area contributed by atoms with Crippen molar-refractivity contribution >= 4 is 90.3 Å². The third-order valence-corrected chi connectivity index (χ3v) is 7.94. The van der Waals surface area contributed by atoms with E-state index in [-0.39, 0.29) is 17.7 Å². The van der Waals surface area contributed by atoms with Crippen LogP contribution in [0.15, 0.2) is 0 Å². The Morgan fingerprint density at radius 3 is 2.35 bits per heavy atom. The standard InChI is InChI=1S/C10H10Br2Cl3NO3S/c1-7(2)8(6(18)19,3-9(13,14)15)16-4(17)10(11,12)5(16)20-7/h5H,3H2,1-2H3,(H,18,19)/t5-,8+/m1/s1. The smallest absolute Gasteiger partial charge is 0.331 e. The van der Waals surface area contributed by atoms with Gasteiger partial charge in [0.15, 0.2) is 12.6 Å². The minimum Gasteiger partial charge on any atom is -0.479 e. The Kier molecular flexibility index (Phi) is 4.20. The number of carbonyl (C=O) groups is 2. The molecule has 1 amide bonds. The first-order valence-corrected chi connectivity index (χ1v) is 9.07. The SMILES string of the molecule is CC1(C)S[C@H]2N(C(=O)C2(Br)Br)[C@@]1(CC(Cl)(Cl)Cl)C(=O)O. The lowest BCUT2D eigenvalue weighted by molar-refractivity contribution is -0.168. The van der Waals surface area contributed by atoms with E-state index in [1.54, 1.807) is 13.8 Å². The number of rotatable bonds is 2. The van der Waals surface area contributed by atoms with Gasteiger partial charge in [-0.05, 0) is 13.8 Å². The Hall–Kier alpha value is 1.12. The van der Waals surface area contributed by atoms with Gasteiger partial charge in [0, 0.05) is 11.2 Å². The fraction of sp³-hybridized carbons (Fsp3) is 0.800. The van der Waals surface area contributed by atoms with Crippen molar-refractivity contribution in [3.05, 3.63) is 0 Å². The van der Waals surface area contributed by atoms with Gasteiger partial charge < -0.3 is 10.0 Å². The molecular formula is C10H10Br2Cl3NO3S. The Morgan fingerprint density at radius 2 is 1.95 bits per heavy atom. The quantitative estimate of drug-likeness (QED) is 0.473. The predicted molar refractivity (Wildman–Crippen MR) is 88.2 cm³/mol. The normalized spacial score (nSPS) is 34.6. The summed E-state index contributed by atoms with van der Waals surface area (Å²) in [6.07, 6.45) is -0.279. The van der Waals surface area contributed by atoms with E-state index >= 15 is 0 Å². The summed E-state index contributed by atoms with van der Waals surface area (Å²) < 4.78 is -3.55. The molecule has 10 heteroatoms. The van der Waals surface area contributed by atoms with E-state index in [2.05, 4.69) is 31.9 Å². The lowest BCUT2D eigenvalue weighted by Gasteiger charge is -2.52. The van der Waals surface area contributed by atoms with Crippen LogP contribution in [0.3, 0.4) is 0 Å². The van der Waals surface area contributed by atoms with Crippen LogP contribution in [0.2, 0.25) is 0 Å². The third kappa shape index (κ3) is 2.22. The number of halogens is 5. The Morgan fingerprint density at radius 1 is 1.45 bits per heavy atom. The number of hydrogen-bond donors (Lipinski definition) is 1. The van der Waals surface area contributed by atoms with E-state index in [1.165, 1.54) is 16.7 Å². The molecule has 0 saturated carbocycles. The number of fused-ring (bicyclic) bond motifs is 1. The van der Waals surface area contributed by atoms with Crippen LogP contribution in [0.4, 0.5) is 0 Å². The molecule has 2 rings (SSSR count). The van der Waals surface area contributed by atoms with Crippen LogP contribution in [0.1, 0.15) is 20.3 Å². The molecule has 0 aromatic heterocycles. The van der Waals surface area contributed by atoms with Crippen LogP contribution < -0.4 is 0 Å². The summed E-state index contributed by atoms with van der Waals surface area (Å²) in [6.45, 7) is 3.48. The van der Waals surface area contributed by atoms with Crippen LogP contribution in [0.5, 0.6) is 0 Å². The van der Waals surface area contributed by atoms with Crippen LogP contribution >= 0.6 is 78.4 Å². The largest absolute Gasteiger partial charge is 0.479 e. The van der Waals surface area contributed by atoms with Crippen molar-refractivity contribution in [2.75, 3.05) is 0 Å². The number of carbonyl (C=O) groups excluding carboxylic acids is 1. The summed E-state index contributed by atoms with van der Waals surface area (Å²) in [4.78, 5) is 25.5. The number of β-lactam (4-membered cyclic amide) rings is 1. The average Bonchev–Trinajstić information content (AvgIpc) is 2.45. The second-order valence-corrected chi connectivity index (χ2v) is 13.0. The summed E-state index contributed by atoms with van der Waals surface area (Å²) in [6, 6.07) is 0. The second kappa shape index (κ2) is 4.81. The van der Waals surface area contributed by atoms with Crippen molar-refractivity contribution < 1.29 is 14.7 Å². The maximum Gasteiger partial charge on any atom is 0.331 e. The topological polar surface area (TPSA) is 57.6 Å². The molecule has 0 radical (unpaired) electrons. The number of alkyl halides is 5. The van der Waals surface area contributed by atoms with Crippen molar-refractivity contribution in [3.8, 4) is 0 Å². The van der Waals surface area contributed by atoms with E-state index in [0.717, 1.165) is 0 Å². The van der Waals surface area contributed by atoms with Crippen molar-refractivity contribution in [1.82, 2.24) is 4.90 Å². The van der Waals surface area contributed by atoms with Crippen LogP contribution in [0, 0.1) is 0 Å². The lowest BCUT2D eigenvalue weighted by Crippen LogP contribution is -2.74. The Balaban J connectivity index is 2.55. The predicted octanol–water partition coefficient (Wildman–Crippen LogP) is 3.75. The number of hydrogen-bond acceptors (Lipinski definition) is 3. The van der Waals surface area contributed by atoms with Crippen molar-refractivity contribution in [1.29, 1.82) is 0 Å². The highest BCUT2D eigenvalue weighted by Crippen LogP contribution is 2.66. The van der Waals surface area contributed by atoms with Crippen LogP contribution in [0.25, 0.3) is 0 Å². The average molecular weight is 490 g/mol. The number of carboxylic acid groups (broad SMARTS) is 1. The molecule has 2 aliphatic heterocycles. The van der Waals surface area contributed by atoms with E-state index in [0.29, 0.717) is 0 Å². The minimum absolute atomic E-state index is 0.279. The van der Waals surface area contributed by atoms with Gasteiger partial charge in [-0.3, -0.25) is 4.79 Å². The van der Waals surface area contributed by atoms with Crippen LogP contribution in [-0.2, 0) is 9.59 Å². The first-order valence-electron chi connectivity index (χ1n) is 5.47. The van der Waals surface area contributed by atoms with E-state index in [9.17, 15) is 14.7 Å². The fourth-order valence-corrected chi connectivity index (χ4v) is 6.23. The van der Waals surface area contributed by atoms with Gasteiger partial charge in [-0.1, -0.05) is 66.7 Å². The van der Waals surface area contributed by atoms with Gasteiger partial charge in [-0.15, -0.1) is 11.8 Å². The van der Waals surface area contributed by atoms with Crippen molar-refractivity contribution in [2.45, 2.75) is 43.0 Å². The molecule has 20 heavy (non-hydrogen) atoms. The molecule has 2 fully saturated rings. The molecule has 2 atom stereocenters.